The van der Waals surface area contributed by atoms with E-state index in [0.29, 0.717) is 0 Å². The Morgan fingerprint density at radius 2 is 1.86 bits per heavy atom. The van der Waals surface area contributed by atoms with Crippen molar-refractivity contribution in [1.29, 1.82) is 0 Å². The number of sulfone groups is 1. The summed E-state index contributed by atoms with van der Waals surface area (Å²) in [6, 6.07) is 10.3. The predicted octanol–water partition coefficient (Wildman–Crippen LogP) is 2.57. The predicted molar refractivity (Wildman–Crippen MR) is 86.1 cm³/mol. The van der Waals surface area contributed by atoms with E-state index in [1.54, 1.807) is 0 Å². The van der Waals surface area contributed by atoms with Crippen molar-refractivity contribution in [3.8, 4) is 0 Å². The molecule has 4 nitrogen and oxygen atoms in total. The standard InChI is InChI=1S/C17H23NO3S/c1-22(20,21)12-9-15(19)18-13-17(10-5-6-11-17)16(18)14-7-3-2-4-8-14/h2-4,7-8,16H,5-6,9-13H2,1H3. The van der Waals surface area contributed by atoms with Gasteiger partial charge in [0, 0.05) is 24.6 Å². The van der Waals surface area contributed by atoms with Crippen molar-refractivity contribution in [2.24, 2.45) is 5.41 Å². The smallest absolute Gasteiger partial charge is 0.224 e. The fourth-order valence-electron chi connectivity index (χ4n) is 4.06. The van der Waals surface area contributed by atoms with Crippen LogP contribution in [0.2, 0.25) is 0 Å². The number of amides is 1. The molecule has 0 N–H and O–H groups in total. The highest BCUT2D eigenvalue weighted by molar-refractivity contribution is 7.90. The molecule has 0 bridgehead atoms. The third-order valence-corrected chi connectivity index (χ3v) is 6.04. The van der Waals surface area contributed by atoms with Gasteiger partial charge in [-0.1, -0.05) is 43.2 Å². The summed E-state index contributed by atoms with van der Waals surface area (Å²) in [6.07, 6.45) is 6.08. The van der Waals surface area contributed by atoms with Gasteiger partial charge in [-0.2, -0.15) is 0 Å². The summed E-state index contributed by atoms with van der Waals surface area (Å²) in [4.78, 5) is 14.4. The monoisotopic (exact) mass is 321 g/mol. The largest absolute Gasteiger partial charge is 0.334 e. The molecule has 22 heavy (non-hydrogen) atoms. The fourth-order valence-corrected chi connectivity index (χ4v) is 4.61. The minimum atomic E-state index is -3.09. The van der Waals surface area contributed by atoms with Gasteiger partial charge >= 0.3 is 0 Å². The number of rotatable bonds is 4. The van der Waals surface area contributed by atoms with Gasteiger partial charge in [-0.25, -0.2) is 8.42 Å². The highest BCUT2D eigenvalue weighted by atomic mass is 32.2. The van der Waals surface area contributed by atoms with Crippen LogP contribution >= 0.6 is 0 Å². The second kappa shape index (κ2) is 5.69. The Labute approximate surface area is 132 Å². The van der Waals surface area contributed by atoms with Gasteiger partial charge in [0.1, 0.15) is 9.84 Å². The molecule has 3 rings (SSSR count). The third-order valence-electron chi connectivity index (χ3n) is 5.10. The Morgan fingerprint density at radius 1 is 1.23 bits per heavy atom. The molecule has 1 amide bonds. The quantitative estimate of drug-likeness (QED) is 0.856. The van der Waals surface area contributed by atoms with Crippen LogP contribution < -0.4 is 0 Å². The van der Waals surface area contributed by atoms with E-state index in [2.05, 4.69) is 12.1 Å². The van der Waals surface area contributed by atoms with E-state index in [-0.39, 0.29) is 29.5 Å². The summed E-state index contributed by atoms with van der Waals surface area (Å²) in [6.45, 7) is 0.787. The van der Waals surface area contributed by atoms with E-state index in [1.165, 1.54) is 37.5 Å². The zero-order chi connectivity index (χ0) is 15.8. The van der Waals surface area contributed by atoms with E-state index in [0.717, 1.165) is 6.54 Å². The van der Waals surface area contributed by atoms with Gasteiger partial charge in [-0.3, -0.25) is 4.79 Å². The maximum Gasteiger partial charge on any atom is 0.224 e. The van der Waals surface area contributed by atoms with Gasteiger partial charge in [0.2, 0.25) is 5.91 Å². The van der Waals surface area contributed by atoms with E-state index in [4.69, 9.17) is 0 Å². The lowest BCUT2D eigenvalue weighted by Crippen LogP contribution is -2.59. The molecule has 1 atom stereocenters. The van der Waals surface area contributed by atoms with Crippen LogP contribution in [0.4, 0.5) is 0 Å². The topological polar surface area (TPSA) is 54.5 Å². The van der Waals surface area contributed by atoms with E-state index in [1.807, 2.05) is 23.1 Å². The van der Waals surface area contributed by atoms with Crippen molar-refractivity contribution in [2.75, 3.05) is 18.6 Å². The van der Waals surface area contributed by atoms with Gasteiger partial charge in [0.05, 0.1) is 11.8 Å². The highest BCUT2D eigenvalue weighted by Crippen LogP contribution is 2.58. The molecule has 5 heteroatoms. The first-order chi connectivity index (χ1) is 10.4. The minimum absolute atomic E-state index is 0.0307. The zero-order valence-electron chi connectivity index (χ0n) is 13.0. The summed E-state index contributed by atoms with van der Waals surface area (Å²) >= 11 is 0. The number of hydrogen-bond donors (Lipinski definition) is 0. The van der Waals surface area contributed by atoms with Crippen LogP contribution in [0.1, 0.15) is 43.7 Å². The third kappa shape index (κ3) is 2.91. The molecule has 1 unspecified atom stereocenters. The lowest BCUT2D eigenvalue weighted by atomic mass is 9.67. The van der Waals surface area contributed by atoms with Crippen molar-refractivity contribution in [3.05, 3.63) is 35.9 Å². The van der Waals surface area contributed by atoms with Crippen molar-refractivity contribution < 1.29 is 13.2 Å². The van der Waals surface area contributed by atoms with E-state index in [9.17, 15) is 13.2 Å². The molecule has 1 saturated heterocycles. The van der Waals surface area contributed by atoms with E-state index < -0.39 is 9.84 Å². The Morgan fingerprint density at radius 3 is 2.45 bits per heavy atom. The van der Waals surface area contributed by atoms with Crippen LogP contribution in [0, 0.1) is 5.41 Å². The maximum absolute atomic E-state index is 12.5. The molecular weight excluding hydrogens is 298 g/mol. The lowest BCUT2D eigenvalue weighted by molar-refractivity contribution is -0.155. The molecule has 120 valence electrons. The zero-order valence-corrected chi connectivity index (χ0v) is 13.8. The first-order valence-electron chi connectivity index (χ1n) is 7.93. The molecule has 2 aliphatic rings. The average Bonchev–Trinajstić information content (AvgIpc) is 2.94. The van der Waals surface area contributed by atoms with Gasteiger partial charge in [-0.15, -0.1) is 0 Å². The summed E-state index contributed by atoms with van der Waals surface area (Å²) in [7, 11) is -3.09. The normalized spacial score (nSPS) is 23.5. The van der Waals surface area contributed by atoms with Crippen LogP contribution in [-0.4, -0.2) is 37.8 Å². The van der Waals surface area contributed by atoms with Crippen molar-refractivity contribution in [2.45, 2.75) is 38.1 Å². The van der Waals surface area contributed by atoms with E-state index >= 15 is 0 Å². The first kappa shape index (κ1) is 15.5. The fraction of sp³-hybridized carbons (Fsp3) is 0.588. The lowest BCUT2D eigenvalue weighted by Gasteiger charge is -2.56. The number of likely N-dealkylation sites (tertiary alicyclic amines) is 1. The summed E-state index contributed by atoms with van der Waals surface area (Å²) < 4.78 is 22.6. The van der Waals surface area contributed by atoms with Crippen LogP contribution in [0.3, 0.4) is 0 Å². The first-order valence-corrected chi connectivity index (χ1v) is 10.00. The SMILES string of the molecule is CS(=O)(=O)CCC(=O)N1CC2(CCCC2)C1c1ccccc1. The van der Waals surface area contributed by atoms with Crippen molar-refractivity contribution >= 4 is 15.7 Å². The average molecular weight is 321 g/mol. The Kier molecular flexibility index (Phi) is 4.02. The van der Waals surface area contributed by atoms with Crippen LogP contribution in [0.15, 0.2) is 30.3 Å². The molecule has 1 aliphatic heterocycles. The van der Waals surface area contributed by atoms with Gasteiger partial charge in [0.15, 0.2) is 0 Å². The molecule has 1 saturated carbocycles. The molecule has 1 spiro atoms. The highest BCUT2D eigenvalue weighted by Gasteiger charge is 2.55. The molecule has 1 aromatic rings. The number of carbonyl (C=O) groups is 1. The number of benzene rings is 1. The molecule has 0 aromatic heterocycles. The molecule has 0 radical (unpaired) electrons. The van der Waals surface area contributed by atoms with Gasteiger partial charge < -0.3 is 4.90 Å². The van der Waals surface area contributed by atoms with Crippen LogP contribution in [0.25, 0.3) is 0 Å². The van der Waals surface area contributed by atoms with Crippen molar-refractivity contribution in [1.82, 2.24) is 4.90 Å². The number of carbonyl (C=O) groups excluding carboxylic acids is 1. The molecule has 1 aromatic carbocycles. The minimum Gasteiger partial charge on any atom is -0.334 e. The Bertz CT molecular complexity index is 648. The Balaban J connectivity index is 1.78. The van der Waals surface area contributed by atoms with Gasteiger partial charge in [0.25, 0.3) is 0 Å². The Hall–Kier alpha value is -1.36. The summed E-state index contributed by atoms with van der Waals surface area (Å²) in [5.41, 5.74) is 1.41. The molecular formula is C17H23NO3S. The van der Waals surface area contributed by atoms with Crippen molar-refractivity contribution in [3.63, 3.8) is 0 Å². The maximum atomic E-state index is 12.5. The molecule has 1 aliphatic carbocycles. The van der Waals surface area contributed by atoms with Crippen LogP contribution in [0.5, 0.6) is 0 Å². The molecule has 1 heterocycles. The summed E-state index contributed by atoms with van der Waals surface area (Å²) in [5.74, 6) is -0.0894. The number of nitrogens with zero attached hydrogens (tertiary/aromatic N) is 1. The second-order valence-electron chi connectivity index (χ2n) is 6.78. The summed E-state index contributed by atoms with van der Waals surface area (Å²) in [5, 5.41) is 0. The second-order valence-corrected chi connectivity index (χ2v) is 9.04. The van der Waals surface area contributed by atoms with Gasteiger partial charge in [-0.05, 0) is 18.4 Å². The number of hydrogen-bond acceptors (Lipinski definition) is 3. The van der Waals surface area contributed by atoms with Crippen LogP contribution in [-0.2, 0) is 14.6 Å². The molecule has 2 fully saturated rings.